The molecule has 0 aliphatic carbocycles. The van der Waals surface area contributed by atoms with Crippen LogP contribution in [0.25, 0.3) is 28.1 Å². The fourth-order valence-electron chi connectivity index (χ4n) is 5.26. The van der Waals surface area contributed by atoms with Gasteiger partial charge in [-0.15, -0.1) is 0 Å². The lowest BCUT2D eigenvalue weighted by Crippen LogP contribution is -2.25. The second-order valence-corrected chi connectivity index (χ2v) is 8.85. The van der Waals surface area contributed by atoms with Crippen LogP contribution in [0.5, 0.6) is 11.5 Å². The van der Waals surface area contributed by atoms with Crippen LogP contribution in [0.4, 0.5) is 0 Å². The first-order chi connectivity index (χ1) is 17.7. The Morgan fingerprint density at radius 2 is 1.39 bits per heavy atom. The number of hydrogen-bond acceptors (Lipinski definition) is 3. The van der Waals surface area contributed by atoms with E-state index in [-0.39, 0.29) is 11.8 Å². The lowest BCUT2D eigenvalue weighted by Gasteiger charge is -2.29. The lowest BCUT2D eigenvalue weighted by atomic mass is 9.86. The normalized spacial score (nSPS) is 15.9. The Morgan fingerprint density at radius 1 is 0.778 bits per heavy atom. The molecule has 0 fully saturated rings. The Kier molecular flexibility index (Phi) is 5.42. The summed E-state index contributed by atoms with van der Waals surface area (Å²) in [5.41, 5.74) is 6.17. The number of ether oxygens (including phenoxy) is 2. The number of benzene rings is 4. The maximum atomic E-state index is 14.3. The van der Waals surface area contributed by atoms with Crippen molar-refractivity contribution in [2.75, 3.05) is 14.2 Å². The van der Waals surface area contributed by atoms with Crippen LogP contribution in [0.1, 0.15) is 27.5 Å². The van der Waals surface area contributed by atoms with Crippen molar-refractivity contribution in [3.63, 3.8) is 0 Å². The van der Waals surface area contributed by atoms with E-state index in [1.54, 1.807) is 14.2 Å². The minimum Gasteiger partial charge on any atom is -0.496 e. The Hall–Kier alpha value is -4.57. The molecule has 5 aromatic rings. The largest absolute Gasteiger partial charge is 0.496 e. The van der Waals surface area contributed by atoms with Gasteiger partial charge in [0.1, 0.15) is 11.5 Å². The van der Waals surface area contributed by atoms with Crippen molar-refractivity contribution in [1.29, 1.82) is 0 Å². The molecule has 1 aliphatic heterocycles. The summed E-state index contributed by atoms with van der Waals surface area (Å²) in [7, 11) is 3.25. The van der Waals surface area contributed by atoms with E-state index in [0.29, 0.717) is 22.6 Å². The van der Waals surface area contributed by atoms with Crippen LogP contribution in [0.2, 0.25) is 0 Å². The number of nitrogens with zero attached hydrogens (tertiary/aromatic N) is 1. The zero-order valence-electron chi connectivity index (χ0n) is 20.1. The summed E-state index contributed by atoms with van der Waals surface area (Å²) in [6.45, 7) is 0. The van der Waals surface area contributed by atoms with E-state index < -0.39 is 0 Å². The summed E-state index contributed by atoms with van der Waals surface area (Å²) < 4.78 is 13.8. The molecule has 36 heavy (non-hydrogen) atoms. The van der Waals surface area contributed by atoms with Crippen molar-refractivity contribution in [2.45, 2.75) is 6.04 Å². The third kappa shape index (κ3) is 3.42. The maximum Gasteiger partial charge on any atom is 0.197 e. The molecule has 0 radical (unpaired) electrons. The second kappa shape index (κ2) is 8.90. The summed E-state index contributed by atoms with van der Waals surface area (Å²) in [5, 5.41) is 0.910. The van der Waals surface area contributed by atoms with Crippen LogP contribution in [-0.4, -0.2) is 24.6 Å². The molecule has 0 saturated carbocycles. The third-order valence-corrected chi connectivity index (χ3v) is 6.85. The third-order valence-electron chi connectivity index (χ3n) is 6.85. The van der Waals surface area contributed by atoms with Crippen molar-refractivity contribution in [1.82, 2.24) is 4.57 Å². The first kappa shape index (κ1) is 21.9. The number of allylic oxidation sites excluding steroid dienone is 1. The summed E-state index contributed by atoms with van der Waals surface area (Å²) in [6, 6.07) is 31.9. The van der Waals surface area contributed by atoms with Gasteiger partial charge in [0.2, 0.25) is 0 Å². The first-order valence-electron chi connectivity index (χ1n) is 11.9. The van der Waals surface area contributed by atoms with E-state index in [1.807, 2.05) is 78.9 Å². The predicted octanol–water partition coefficient (Wildman–Crippen LogP) is 7.19. The molecule has 6 rings (SSSR count). The summed E-state index contributed by atoms with van der Waals surface area (Å²) in [5.74, 6) is 1.15. The number of methoxy groups -OCH3 is 2. The highest BCUT2D eigenvalue weighted by atomic mass is 16.5. The minimum absolute atomic E-state index is 0.0394. The Morgan fingerprint density at radius 3 is 2.03 bits per heavy atom. The monoisotopic (exact) mass is 471 g/mol. The standard InChI is InChI=1S/C32H25NO3/c1-35-26-19-27(36-2)29-31-28(26)25(22-14-8-4-9-15-22)20-33(31)30(23-16-10-5-11-17-23)24(32(29)34)18-21-12-6-3-7-13-21/h3-20,30H,1-2H3/b24-18-. The molecule has 2 heterocycles. The number of aromatic nitrogens is 1. The topological polar surface area (TPSA) is 40.5 Å². The SMILES string of the molecule is COc1cc(OC)c2c(-c3ccccc3)cn3c2c1C(=O)/C(=C\c1ccccc1)C3c1ccccc1. The zero-order valence-corrected chi connectivity index (χ0v) is 20.1. The molecule has 4 aromatic carbocycles. The van der Waals surface area contributed by atoms with Crippen molar-refractivity contribution in [3.05, 3.63) is 126 Å². The fourth-order valence-corrected chi connectivity index (χ4v) is 5.26. The maximum absolute atomic E-state index is 14.3. The van der Waals surface area contributed by atoms with Crippen molar-refractivity contribution in [3.8, 4) is 22.6 Å². The molecule has 1 aromatic heterocycles. The van der Waals surface area contributed by atoms with Gasteiger partial charge in [0.15, 0.2) is 5.78 Å². The average Bonchev–Trinajstić information content (AvgIpc) is 3.33. The van der Waals surface area contributed by atoms with Crippen LogP contribution in [-0.2, 0) is 0 Å². The molecule has 0 bridgehead atoms. The van der Waals surface area contributed by atoms with Gasteiger partial charge in [-0.25, -0.2) is 0 Å². The molecule has 4 nitrogen and oxygen atoms in total. The van der Waals surface area contributed by atoms with Crippen LogP contribution < -0.4 is 9.47 Å². The van der Waals surface area contributed by atoms with E-state index in [1.165, 1.54) is 0 Å². The Balaban J connectivity index is 1.75. The van der Waals surface area contributed by atoms with Gasteiger partial charge in [-0.05, 0) is 22.8 Å². The Bertz CT molecular complexity index is 1600. The Labute approximate surface area is 210 Å². The average molecular weight is 472 g/mol. The van der Waals surface area contributed by atoms with Gasteiger partial charge in [-0.2, -0.15) is 0 Å². The van der Waals surface area contributed by atoms with Crippen molar-refractivity contribution in [2.24, 2.45) is 0 Å². The summed E-state index contributed by atoms with van der Waals surface area (Å²) >= 11 is 0. The molecule has 0 amide bonds. The molecule has 4 heteroatoms. The van der Waals surface area contributed by atoms with E-state index in [0.717, 1.165) is 33.2 Å². The highest BCUT2D eigenvalue weighted by Crippen LogP contribution is 2.49. The van der Waals surface area contributed by atoms with Crippen molar-refractivity contribution >= 4 is 22.8 Å². The number of carbonyl (C=O) groups excluding carboxylic acids is 1. The second-order valence-electron chi connectivity index (χ2n) is 8.85. The number of rotatable bonds is 5. The van der Waals surface area contributed by atoms with Gasteiger partial charge in [-0.3, -0.25) is 4.79 Å². The molecular formula is C32H25NO3. The number of ketones is 1. The van der Waals surface area contributed by atoms with Gasteiger partial charge >= 0.3 is 0 Å². The van der Waals surface area contributed by atoms with E-state index in [9.17, 15) is 4.79 Å². The number of hydrogen-bond donors (Lipinski definition) is 0. The van der Waals surface area contributed by atoms with E-state index >= 15 is 0 Å². The molecular weight excluding hydrogens is 446 g/mol. The molecule has 176 valence electrons. The number of Topliss-reactive ketones (excluding diaryl/α,β-unsaturated/α-hetero) is 1. The van der Waals surface area contributed by atoms with Gasteiger partial charge in [0.05, 0.1) is 36.7 Å². The lowest BCUT2D eigenvalue weighted by molar-refractivity contribution is 0.102. The van der Waals surface area contributed by atoms with Gasteiger partial charge in [0, 0.05) is 23.4 Å². The van der Waals surface area contributed by atoms with Crippen LogP contribution in [0.3, 0.4) is 0 Å². The fraction of sp³-hybridized carbons (Fsp3) is 0.0938. The van der Waals surface area contributed by atoms with Gasteiger partial charge < -0.3 is 14.0 Å². The van der Waals surface area contributed by atoms with Gasteiger partial charge in [-0.1, -0.05) is 91.0 Å². The van der Waals surface area contributed by atoms with Crippen LogP contribution >= 0.6 is 0 Å². The van der Waals surface area contributed by atoms with Crippen molar-refractivity contribution < 1.29 is 14.3 Å². The molecule has 0 spiro atoms. The minimum atomic E-state index is -0.303. The quantitative estimate of drug-likeness (QED) is 0.255. The summed E-state index contributed by atoms with van der Waals surface area (Å²) in [4.78, 5) is 14.3. The molecule has 1 aliphatic rings. The van der Waals surface area contributed by atoms with E-state index in [2.05, 4.69) is 35.0 Å². The zero-order chi connectivity index (χ0) is 24.6. The van der Waals surface area contributed by atoms with Crippen LogP contribution in [0.15, 0.2) is 109 Å². The molecule has 0 saturated heterocycles. The first-order valence-corrected chi connectivity index (χ1v) is 11.9. The number of carbonyl (C=O) groups is 1. The van der Waals surface area contributed by atoms with Gasteiger partial charge in [0.25, 0.3) is 0 Å². The molecule has 1 atom stereocenters. The van der Waals surface area contributed by atoms with E-state index in [4.69, 9.17) is 9.47 Å². The summed E-state index contributed by atoms with van der Waals surface area (Å²) in [6.07, 6.45) is 4.15. The molecule has 0 N–H and O–H groups in total. The van der Waals surface area contributed by atoms with Crippen LogP contribution in [0, 0.1) is 0 Å². The molecule has 1 unspecified atom stereocenters. The highest BCUT2D eigenvalue weighted by molar-refractivity contribution is 6.24. The smallest absolute Gasteiger partial charge is 0.197 e. The highest BCUT2D eigenvalue weighted by Gasteiger charge is 2.37. The predicted molar refractivity (Wildman–Crippen MR) is 144 cm³/mol.